The van der Waals surface area contributed by atoms with Crippen molar-refractivity contribution < 1.29 is 0 Å². The molecular weight excluding hydrogens is 399 g/mol. The molecule has 1 heterocycles. The van der Waals surface area contributed by atoms with Gasteiger partial charge in [0.1, 0.15) is 0 Å². The summed E-state index contributed by atoms with van der Waals surface area (Å²) in [5, 5.41) is 6.79. The van der Waals surface area contributed by atoms with E-state index in [0.717, 1.165) is 32.0 Å². The van der Waals surface area contributed by atoms with Gasteiger partial charge in [0.2, 0.25) is 0 Å². The number of benzene rings is 1. The van der Waals surface area contributed by atoms with Gasteiger partial charge in [-0.05, 0) is 51.3 Å². The van der Waals surface area contributed by atoms with Crippen LogP contribution in [0.3, 0.4) is 0 Å². The van der Waals surface area contributed by atoms with Crippen LogP contribution in [0.5, 0.6) is 0 Å². The van der Waals surface area contributed by atoms with E-state index in [1.54, 1.807) is 0 Å². The Bertz CT molecular complexity index is 450. The van der Waals surface area contributed by atoms with E-state index in [2.05, 4.69) is 59.8 Å². The molecule has 4 nitrogen and oxygen atoms in total. The Morgan fingerprint density at radius 1 is 1.26 bits per heavy atom. The minimum Gasteiger partial charge on any atom is -0.357 e. The van der Waals surface area contributed by atoms with E-state index in [1.165, 1.54) is 31.5 Å². The molecule has 5 heteroatoms. The van der Waals surface area contributed by atoms with Crippen molar-refractivity contribution in [1.29, 1.82) is 0 Å². The molecule has 1 saturated heterocycles. The monoisotopic (exact) mass is 430 g/mol. The summed E-state index contributed by atoms with van der Waals surface area (Å²) >= 11 is 0. The molecule has 1 aromatic rings. The molecule has 0 aliphatic carbocycles. The third-order valence-electron chi connectivity index (χ3n) is 4.12. The summed E-state index contributed by atoms with van der Waals surface area (Å²) < 4.78 is 0. The Morgan fingerprint density at radius 3 is 2.74 bits per heavy atom. The first-order valence-electron chi connectivity index (χ1n) is 8.52. The fourth-order valence-electron chi connectivity index (χ4n) is 2.95. The van der Waals surface area contributed by atoms with E-state index in [9.17, 15) is 0 Å². The van der Waals surface area contributed by atoms with Crippen molar-refractivity contribution in [1.82, 2.24) is 15.5 Å². The maximum Gasteiger partial charge on any atom is 0.191 e. The van der Waals surface area contributed by atoms with Crippen LogP contribution >= 0.6 is 24.0 Å². The second-order valence-electron chi connectivity index (χ2n) is 6.15. The highest BCUT2D eigenvalue weighted by molar-refractivity contribution is 14.0. The van der Waals surface area contributed by atoms with Gasteiger partial charge in [-0.15, -0.1) is 24.0 Å². The first kappa shape index (κ1) is 20.2. The number of nitrogens with one attached hydrogen (secondary N) is 2. The Hall–Kier alpha value is -0.820. The lowest BCUT2D eigenvalue weighted by atomic mass is 9.99. The summed E-state index contributed by atoms with van der Waals surface area (Å²) in [5.41, 5.74) is 1.36. The summed E-state index contributed by atoms with van der Waals surface area (Å²) in [7, 11) is 2.21. The second-order valence-corrected chi connectivity index (χ2v) is 6.15. The Balaban J connectivity index is 0.00000264. The maximum absolute atomic E-state index is 4.77. The molecular formula is C18H31IN4. The average molecular weight is 430 g/mol. The van der Waals surface area contributed by atoms with E-state index in [-0.39, 0.29) is 24.0 Å². The highest BCUT2D eigenvalue weighted by Gasteiger charge is 2.16. The van der Waals surface area contributed by atoms with Gasteiger partial charge in [-0.3, -0.25) is 4.99 Å². The van der Waals surface area contributed by atoms with Gasteiger partial charge in [-0.2, -0.15) is 0 Å². The smallest absolute Gasteiger partial charge is 0.191 e. The predicted octanol–water partition coefficient (Wildman–Crippen LogP) is 2.74. The molecule has 1 aromatic carbocycles. The van der Waals surface area contributed by atoms with Crippen LogP contribution in [0.4, 0.5) is 0 Å². The molecule has 2 N–H and O–H groups in total. The van der Waals surface area contributed by atoms with Gasteiger partial charge in [-0.25, -0.2) is 0 Å². The van der Waals surface area contributed by atoms with Crippen LogP contribution in [-0.4, -0.2) is 50.6 Å². The summed E-state index contributed by atoms with van der Waals surface area (Å²) in [5.74, 6) is 1.65. The normalized spacial score (nSPS) is 19.0. The SMILES string of the molecule is CCNC(=NCC1CCCN(C)C1)NCCc1ccccc1.I. The fourth-order valence-corrected chi connectivity index (χ4v) is 2.95. The van der Waals surface area contributed by atoms with E-state index < -0.39 is 0 Å². The van der Waals surface area contributed by atoms with E-state index in [1.807, 2.05) is 0 Å². The Morgan fingerprint density at radius 2 is 2.04 bits per heavy atom. The van der Waals surface area contributed by atoms with Gasteiger partial charge in [0.15, 0.2) is 5.96 Å². The maximum atomic E-state index is 4.77. The highest BCUT2D eigenvalue weighted by Crippen LogP contribution is 2.14. The number of hydrogen-bond acceptors (Lipinski definition) is 2. The number of piperidine rings is 1. The first-order valence-corrected chi connectivity index (χ1v) is 8.52. The van der Waals surface area contributed by atoms with Crippen LogP contribution in [0.25, 0.3) is 0 Å². The van der Waals surface area contributed by atoms with Crippen molar-refractivity contribution in [2.45, 2.75) is 26.2 Å². The number of guanidine groups is 1. The highest BCUT2D eigenvalue weighted by atomic mass is 127. The number of likely N-dealkylation sites (tertiary alicyclic amines) is 1. The second kappa shape index (κ2) is 11.7. The molecule has 1 aliphatic rings. The molecule has 0 saturated carbocycles. The van der Waals surface area contributed by atoms with Crippen LogP contribution in [-0.2, 0) is 6.42 Å². The average Bonchev–Trinajstić information content (AvgIpc) is 2.54. The quantitative estimate of drug-likeness (QED) is 0.414. The standard InChI is InChI=1S/C18H30N4.HI/c1-3-19-18(20-12-11-16-8-5-4-6-9-16)21-14-17-10-7-13-22(2)15-17;/h4-6,8-9,17H,3,7,10-15H2,1-2H3,(H2,19,20,21);1H. The molecule has 1 aliphatic heterocycles. The molecule has 1 atom stereocenters. The van der Waals surface area contributed by atoms with Crippen LogP contribution in [0.15, 0.2) is 35.3 Å². The Kier molecular flexibility index (Phi) is 10.3. The molecule has 1 unspecified atom stereocenters. The predicted molar refractivity (Wildman–Crippen MR) is 110 cm³/mol. The van der Waals surface area contributed by atoms with Crippen molar-refractivity contribution in [2.75, 3.05) is 39.8 Å². The molecule has 0 radical (unpaired) electrons. The molecule has 0 spiro atoms. The van der Waals surface area contributed by atoms with Gasteiger partial charge < -0.3 is 15.5 Å². The Labute approximate surface area is 158 Å². The zero-order chi connectivity index (χ0) is 15.6. The number of rotatable bonds is 6. The van der Waals surface area contributed by atoms with Crippen molar-refractivity contribution in [3.05, 3.63) is 35.9 Å². The van der Waals surface area contributed by atoms with Gasteiger partial charge in [0, 0.05) is 26.2 Å². The minimum absolute atomic E-state index is 0. The van der Waals surface area contributed by atoms with Crippen molar-refractivity contribution in [3.8, 4) is 0 Å². The van der Waals surface area contributed by atoms with E-state index in [4.69, 9.17) is 4.99 Å². The lowest BCUT2D eigenvalue weighted by Crippen LogP contribution is -2.39. The zero-order valence-corrected chi connectivity index (χ0v) is 16.8. The summed E-state index contributed by atoms with van der Waals surface area (Å²) in [4.78, 5) is 7.19. The van der Waals surface area contributed by atoms with Crippen molar-refractivity contribution in [3.63, 3.8) is 0 Å². The minimum atomic E-state index is 0. The number of hydrogen-bond donors (Lipinski definition) is 2. The number of aliphatic imine (C=N–C) groups is 1. The van der Waals surface area contributed by atoms with Gasteiger partial charge >= 0.3 is 0 Å². The fraction of sp³-hybridized carbons (Fsp3) is 0.611. The topological polar surface area (TPSA) is 39.7 Å². The zero-order valence-electron chi connectivity index (χ0n) is 14.4. The molecule has 2 rings (SSSR count). The van der Waals surface area contributed by atoms with Crippen LogP contribution in [0.2, 0.25) is 0 Å². The molecule has 130 valence electrons. The van der Waals surface area contributed by atoms with Crippen molar-refractivity contribution in [2.24, 2.45) is 10.9 Å². The summed E-state index contributed by atoms with van der Waals surface area (Å²) in [6, 6.07) is 10.6. The van der Waals surface area contributed by atoms with Crippen LogP contribution in [0, 0.1) is 5.92 Å². The van der Waals surface area contributed by atoms with Crippen LogP contribution < -0.4 is 10.6 Å². The van der Waals surface area contributed by atoms with Crippen molar-refractivity contribution >= 4 is 29.9 Å². The first-order chi connectivity index (χ1) is 10.8. The number of nitrogens with zero attached hydrogens (tertiary/aromatic N) is 2. The molecule has 1 fully saturated rings. The van der Waals surface area contributed by atoms with Gasteiger partial charge in [-0.1, -0.05) is 30.3 Å². The number of halogens is 1. The summed E-state index contributed by atoms with van der Waals surface area (Å²) in [6.07, 6.45) is 3.63. The van der Waals surface area contributed by atoms with E-state index in [0.29, 0.717) is 5.92 Å². The van der Waals surface area contributed by atoms with Gasteiger partial charge in [0.25, 0.3) is 0 Å². The molecule has 23 heavy (non-hydrogen) atoms. The molecule has 0 aromatic heterocycles. The lowest BCUT2D eigenvalue weighted by Gasteiger charge is -2.28. The third-order valence-corrected chi connectivity index (χ3v) is 4.12. The third kappa shape index (κ3) is 8.01. The molecule has 0 bridgehead atoms. The van der Waals surface area contributed by atoms with Gasteiger partial charge in [0.05, 0.1) is 0 Å². The van der Waals surface area contributed by atoms with E-state index >= 15 is 0 Å². The lowest BCUT2D eigenvalue weighted by molar-refractivity contribution is 0.214. The van der Waals surface area contributed by atoms with Crippen LogP contribution in [0.1, 0.15) is 25.3 Å². The molecule has 0 amide bonds. The summed E-state index contributed by atoms with van der Waals surface area (Å²) in [6.45, 7) is 7.26. The largest absolute Gasteiger partial charge is 0.357 e.